The number of hydrogen-bond acceptors (Lipinski definition) is 4. The van der Waals surface area contributed by atoms with Crippen molar-refractivity contribution in [2.75, 3.05) is 11.9 Å². The molecule has 2 aromatic heterocycles. The van der Waals surface area contributed by atoms with Crippen molar-refractivity contribution in [3.05, 3.63) is 59.5 Å². The number of fused-ring (bicyclic) bond motifs is 1. The molecule has 6 heteroatoms. The molecule has 0 saturated carbocycles. The highest BCUT2D eigenvalue weighted by Gasteiger charge is 2.16. The maximum Gasteiger partial charge on any atom is 0.274 e. The minimum atomic E-state index is -0.263. The minimum absolute atomic E-state index is 0.263. The molecule has 1 aromatic carbocycles. The van der Waals surface area contributed by atoms with Gasteiger partial charge in [-0.25, -0.2) is 4.98 Å². The van der Waals surface area contributed by atoms with Crippen LogP contribution in [0.15, 0.2) is 42.7 Å². The highest BCUT2D eigenvalue weighted by molar-refractivity contribution is 6.10. The number of carbonyl (C=O) groups excluding carboxylic acids is 1. The van der Waals surface area contributed by atoms with Crippen LogP contribution in [0.4, 0.5) is 5.69 Å². The van der Waals surface area contributed by atoms with E-state index in [2.05, 4.69) is 10.3 Å². The molecule has 0 unspecified atom stereocenters. The summed E-state index contributed by atoms with van der Waals surface area (Å²) in [6.45, 7) is 6.57. The molecule has 0 aliphatic rings. The highest BCUT2D eigenvalue weighted by Crippen LogP contribution is 2.23. The Balaban J connectivity index is 1.89. The first-order valence-electron chi connectivity index (χ1n) is 9.13. The number of pyridine rings is 1. The molecule has 0 spiro atoms. The predicted molar refractivity (Wildman–Crippen MR) is 107 cm³/mol. The van der Waals surface area contributed by atoms with Gasteiger partial charge in [0.05, 0.1) is 18.5 Å². The molecular weight excluding hydrogens is 340 g/mol. The third-order valence-corrected chi connectivity index (χ3v) is 4.37. The van der Waals surface area contributed by atoms with Gasteiger partial charge in [-0.05, 0) is 37.5 Å². The van der Waals surface area contributed by atoms with Crippen molar-refractivity contribution in [1.29, 1.82) is 5.41 Å². The van der Waals surface area contributed by atoms with Crippen molar-refractivity contribution in [1.82, 2.24) is 9.38 Å². The number of hydrogen-bond donors (Lipinski definition) is 2. The molecule has 0 bridgehead atoms. The molecule has 1 amide bonds. The number of carbonyl (C=O) groups is 1. The zero-order valence-electron chi connectivity index (χ0n) is 15.9. The van der Waals surface area contributed by atoms with E-state index in [1.54, 1.807) is 16.8 Å². The standard InChI is InChI=1S/C21H24N4O2/c1-4-11-27-15-9-10-25-18(13-23-19(25)12-15)21(26)24-17-8-6-7-14(3)20(17)16(22)5-2/h6-10,12-13,22H,4-5,11H2,1-3H3,(H,24,26). The first-order chi connectivity index (χ1) is 13.0. The second kappa shape index (κ2) is 8.03. The first-order valence-corrected chi connectivity index (χ1v) is 9.13. The van der Waals surface area contributed by atoms with Gasteiger partial charge in [0, 0.05) is 23.5 Å². The summed E-state index contributed by atoms with van der Waals surface area (Å²) in [4.78, 5) is 17.2. The fourth-order valence-electron chi connectivity index (χ4n) is 2.98. The molecule has 2 N–H and O–H groups in total. The summed E-state index contributed by atoms with van der Waals surface area (Å²) < 4.78 is 7.35. The van der Waals surface area contributed by atoms with Crippen LogP contribution in [0.2, 0.25) is 0 Å². The fourth-order valence-corrected chi connectivity index (χ4v) is 2.98. The predicted octanol–water partition coefficient (Wildman–Crippen LogP) is 4.46. The van der Waals surface area contributed by atoms with E-state index in [0.717, 1.165) is 23.3 Å². The van der Waals surface area contributed by atoms with E-state index in [0.29, 0.717) is 35.8 Å². The molecule has 140 valence electrons. The summed E-state index contributed by atoms with van der Waals surface area (Å²) >= 11 is 0. The zero-order valence-corrected chi connectivity index (χ0v) is 15.9. The van der Waals surface area contributed by atoms with Gasteiger partial charge in [0.25, 0.3) is 5.91 Å². The second-order valence-corrected chi connectivity index (χ2v) is 6.37. The Bertz CT molecular complexity index is 991. The van der Waals surface area contributed by atoms with Crippen molar-refractivity contribution in [2.45, 2.75) is 33.6 Å². The van der Waals surface area contributed by atoms with Gasteiger partial charge in [-0.2, -0.15) is 0 Å². The van der Waals surface area contributed by atoms with Gasteiger partial charge >= 0.3 is 0 Å². The Labute approximate surface area is 158 Å². The Morgan fingerprint density at radius 3 is 2.85 bits per heavy atom. The molecule has 6 nitrogen and oxygen atoms in total. The number of benzene rings is 1. The molecule has 27 heavy (non-hydrogen) atoms. The van der Waals surface area contributed by atoms with Crippen LogP contribution in [0.5, 0.6) is 5.75 Å². The Kier molecular flexibility index (Phi) is 5.54. The summed E-state index contributed by atoms with van der Waals surface area (Å²) in [6.07, 6.45) is 4.87. The Morgan fingerprint density at radius 1 is 1.30 bits per heavy atom. The highest BCUT2D eigenvalue weighted by atomic mass is 16.5. The number of rotatable bonds is 7. The summed E-state index contributed by atoms with van der Waals surface area (Å²) in [5.41, 5.74) is 3.97. The average Bonchev–Trinajstić information content (AvgIpc) is 3.09. The van der Waals surface area contributed by atoms with Crippen LogP contribution in [0.1, 0.15) is 48.3 Å². The molecular formula is C21H24N4O2. The van der Waals surface area contributed by atoms with Crippen molar-refractivity contribution in [3.8, 4) is 5.75 Å². The summed E-state index contributed by atoms with van der Waals surface area (Å²) in [6, 6.07) is 9.29. The normalized spacial score (nSPS) is 10.8. The second-order valence-electron chi connectivity index (χ2n) is 6.37. The third kappa shape index (κ3) is 3.84. The largest absolute Gasteiger partial charge is 0.493 e. The van der Waals surface area contributed by atoms with Gasteiger partial charge in [-0.15, -0.1) is 0 Å². The van der Waals surface area contributed by atoms with E-state index in [1.807, 2.05) is 51.1 Å². The zero-order chi connectivity index (χ0) is 19.4. The quantitative estimate of drug-likeness (QED) is 0.607. The van der Waals surface area contributed by atoms with Crippen LogP contribution in [0.3, 0.4) is 0 Å². The van der Waals surface area contributed by atoms with Gasteiger partial charge in [-0.1, -0.05) is 26.0 Å². The van der Waals surface area contributed by atoms with Gasteiger partial charge in [0.2, 0.25) is 0 Å². The lowest BCUT2D eigenvalue weighted by Gasteiger charge is -2.14. The maximum atomic E-state index is 12.8. The van der Waals surface area contributed by atoms with Gasteiger partial charge < -0.3 is 15.5 Å². The van der Waals surface area contributed by atoms with E-state index >= 15 is 0 Å². The van der Waals surface area contributed by atoms with Gasteiger partial charge in [-0.3, -0.25) is 9.20 Å². The number of anilines is 1. The molecule has 0 atom stereocenters. The molecule has 3 rings (SSSR count). The maximum absolute atomic E-state index is 12.8. The number of nitrogens with one attached hydrogen (secondary N) is 2. The molecule has 2 heterocycles. The van der Waals surface area contributed by atoms with Gasteiger partial charge in [0.15, 0.2) is 0 Å². The summed E-state index contributed by atoms with van der Waals surface area (Å²) in [7, 11) is 0. The minimum Gasteiger partial charge on any atom is -0.493 e. The molecule has 0 radical (unpaired) electrons. The van der Waals surface area contributed by atoms with Crippen LogP contribution in [-0.2, 0) is 0 Å². The lowest BCUT2D eigenvalue weighted by atomic mass is 10.00. The van der Waals surface area contributed by atoms with E-state index in [1.165, 1.54) is 0 Å². The Hall–Kier alpha value is -3.15. The van der Waals surface area contributed by atoms with Crippen LogP contribution >= 0.6 is 0 Å². The van der Waals surface area contributed by atoms with Crippen LogP contribution in [-0.4, -0.2) is 27.6 Å². The van der Waals surface area contributed by atoms with E-state index in [9.17, 15) is 4.79 Å². The topological polar surface area (TPSA) is 79.5 Å². The Morgan fingerprint density at radius 2 is 2.11 bits per heavy atom. The number of amides is 1. The summed E-state index contributed by atoms with van der Waals surface area (Å²) in [5, 5.41) is 11.1. The number of aromatic nitrogens is 2. The molecule has 0 aliphatic heterocycles. The van der Waals surface area contributed by atoms with Crippen molar-refractivity contribution in [3.63, 3.8) is 0 Å². The molecule has 0 aliphatic carbocycles. The van der Waals surface area contributed by atoms with Gasteiger partial charge in [0.1, 0.15) is 17.1 Å². The molecule has 0 saturated heterocycles. The lowest BCUT2D eigenvalue weighted by molar-refractivity contribution is 0.102. The SMILES string of the molecule is CCCOc1ccn2c(C(=O)Nc3cccc(C)c3C(=N)CC)cnc2c1. The average molecular weight is 364 g/mol. The number of nitrogens with zero attached hydrogens (tertiary/aromatic N) is 2. The first kappa shape index (κ1) is 18.6. The number of ether oxygens (including phenoxy) is 1. The summed E-state index contributed by atoms with van der Waals surface area (Å²) in [5.74, 6) is 0.472. The molecule has 3 aromatic rings. The van der Waals surface area contributed by atoms with Crippen molar-refractivity contribution >= 4 is 23.0 Å². The van der Waals surface area contributed by atoms with Crippen LogP contribution in [0, 0.1) is 12.3 Å². The number of imidazole rings is 1. The number of aryl methyl sites for hydroxylation is 1. The van der Waals surface area contributed by atoms with Crippen molar-refractivity contribution in [2.24, 2.45) is 0 Å². The van der Waals surface area contributed by atoms with Crippen LogP contribution < -0.4 is 10.1 Å². The van der Waals surface area contributed by atoms with E-state index in [4.69, 9.17) is 10.1 Å². The van der Waals surface area contributed by atoms with Crippen molar-refractivity contribution < 1.29 is 9.53 Å². The van der Waals surface area contributed by atoms with Crippen LogP contribution in [0.25, 0.3) is 5.65 Å². The monoisotopic (exact) mass is 364 g/mol. The van der Waals surface area contributed by atoms with E-state index < -0.39 is 0 Å². The fraction of sp³-hybridized carbons (Fsp3) is 0.286. The molecule has 0 fully saturated rings. The van der Waals surface area contributed by atoms with E-state index in [-0.39, 0.29) is 5.91 Å². The lowest BCUT2D eigenvalue weighted by Crippen LogP contribution is -2.17. The third-order valence-electron chi connectivity index (χ3n) is 4.37. The smallest absolute Gasteiger partial charge is 0.274 e.